The van der Waals surface area contributed by atoms with E-state index >= 15 is 0 Å². The largest absolute Gasteiger partial charge is 0.496 e. The maximum atomic E-state index is 13.1. The van der Waals surface area contributed by atoms with Gasteiger partial charge in [-0.05, 0) is 30.5 Å². The van der Waals surface area contributed by atoms with Crippen molar-refractivity contribution in [2.24, 2.45) is 5.92 Å². The Morgan fingerprint density at radius 1 is 1.03 bits per heavy atom. The summed E-state index contributed by atoms with van der Waals surface area (Å²) in [6, 6.07) is 21.2. The van der Waals surface area contributed by atoms with Gasteiger partial charge in [-0.2, -0.15) is 5.10 Å². The Labute approximate surface area is 181 Å². The fourth-order valence-corrected chi connectivity index (χ4v) is 3.45. The highest BCUT2D eigenvalue weighted by Crippen LogP contribution is 2.30. The van der Waals surface area contributed by atoms with Crippen LogP contribution in [0.1, 0.15) is 30.8 Å². The van der Waals surface area contributed by atoms with E-state index in [4.69, 9.17) is 9.72 Å². The maximum absolute atomic E-state index is 13.1. The highest BCUT2D eigenvalue weighted by Gasteiger charge is 2.18. The third-order valence-electron chi connectivity index (χ3n) is 5.12. The number of carbonyl (C=O) groups is 1. The number of nitrogens with zero attached hydrogens (tertiary/aromatic N) is 3. The Bertz CT molecular complexity index is 1200. The van der Waals surface area contributed by atoms with Crippen LogP contribution < -0.4 is 10.1 Å². The molecule has 0 saturated heterocycles. The molecule has 0 radical (unpaired) electrons. The second-order valence-corrected chi connectivity index (χ2v) is 7.83. The summed E-state index contributed by atoms with van der Waals surface area (Å²) in [5.74, 6) is 1.04. The lowest BCUT2D eigenvalue weighted by molar-refractivity contribution is 0.0944. The van der Waals surface area contributed by atoms with Crippen LogP contribution in [-0.4, -0.2) is 34.2 Å². The molecule has 0 bridgehead atoms. The minimum Gasteiger partial charge on any atom is -0.496 e. The number of aromatic nitrogens is 3. The van der Waals surface area contributed by atoms with Crippen molar-refractivity contribution in [2.45, 2.75) is 20.3 Å². The Kier molecular flexibility index (Phi) is 5.98. The second-order valence-electron chi connectivity index (χ2n) is 7.83. The van der Waals surface area contributed by atoms with Crippen LogP contribution in [0.3, 0.4) is 0 Å². The molecule has 2 aromatic heterocycles. The van der Waals surface area contributed by atoms with Crippen molar-refractivity contribution in [2.75, 3.05) is 13.7 Å². The van der Waals surface area contributed by atoms with Crippen molar-refractivity contribution in [3.63, 3.8) is 0 Å². The topological polar surface area (TPSA) is 68.5 Å². The van der Waals surface area contributed by atoms with Gasteiger partial charge in [0, 0.05) is 23.7 Å². The zero-order valence-electron chi connectivity index (χ0n) is 18.0. The SMILES string of the molecule is COc1ccccc1-c1cc(C(=O)NCCC(C)C)n2nc(-c3ccccc3)cc2n1. The highest BCUT2D eigenvalue weighted by molar-refractivity contribution is 5.94. The number of nitrogens with one attached hydrogen (secondary N) is 1. The number of benzene rings is 2. The van der Waals surface area contributed by atoms with E-state index in [1.165, 1.54) is 0 Å². The van der Waals surface area contributed by atoms with Gasteiger partial charge in [-0.3, -0.25) is 4.79 Å². The van der Waals surface area contributed by atoms with E-state index in [1.54, 1.807) is 17.7 Å². The van der Waals surface area contributed by atoms with Crippen LogP contribution in [0, 0.1) is 5.92 Å². The molecule has 158 valence electrons. The first-order chi connectivity index (χ1) is 15.1. The molecule has 6 heteroatoms. The molecular weight excluding hydrogens is 388 g/mol. The van der Waals surface area contributed by atoms with Crippen LogP contribution in [-0.2, 0) is 0 Å². The second kappa shape index (κ2) is 9.00. The van der Waals surface area contributed by atoms with Gasteiger partial charge >= 0.3 is 0 Å². The number of amides is 1. The number of hydrogen-bond acceptors (Lipinski definition) is 4. The van der Waals surface area contributed by atoms with Crippen molar-refractivity contribution in [1.29, 1.82) is 0 Å². The lowest BCUT2D eigenvalue weighted by Gasteiger charge is -2.12. The zero-order chi connectivity index (χ0) is 21.8. The molecule has 1 amide bonds. The molecule has 1 N–H and O–H groups in total. The monoisotopic (exact) mass is 414 g/mol. The normalized spacial score (nSPS) is 11.1. The first-order valence-corrected chi connectivity index (χ1v) is 10.4. The van der Waals surface area contributed by atoms with Gasteiger partial charge in [0.15, 0.2) is 5.65 Å². The van der Waals surface area contributed by atoms with Crippen molar-refractivity contribution in [3.8, 4) is 28.3 Å². The third kappa shape index (κ3) is 4.43. The van der Waals surface area contributed by atoms with Crippen LogP contribution in [0.2, 0.25) is 0 Å². The molecule has 31 heavy (non-hydrogen) atoms. The minimum atomic E-state index is -0.174. The molecule has 2 aromatic carbocycles. The third-order valence-corrected chi connectivity index (χ3v) is 5.12. The lowest BCUT2D eigenvalue weighted by Crippen LogP contribution is -2.27. The predicted molar refractivity (Wildman–Crippen MR) is 122 cm³/mol. The molecule has 6 nitrogen and oxygen atoms in total. The molecule has 0 atom stereocenters. The first-order valence-electron chi connectivity index (χ1n) is 10.4. The number of fused-ring (bicyclic) bond motifs is 1. The van der Waals surface area contributed by atoms with E-state index in [2.05, 4.69) is 24.3 Å². The van der Waals surface area contributed by atoms with Gasteiger partial charge in [0.2, 0.25) is 0 Å². The number of carbonyl (C=O) groups excluding carboxylic acids is 1. The summed E-state index contributed by atoms with van der Waals surface area (Å²) < 4.78 is 7.13. The quantitative estimate of drug-likeness (QED) is 0.469. The summed E-state index contributed by atoms with van der Waals surface area (Å²) in [5, 5.41) is 7.71. The Morgan fingerprint density at radius 3 is 2.52 bits per heavy atom. The lowest BCUT2D eigenvalue weighted by atomic mass is 10.1. The van der Waals surface area contributed by atoms with Crippen LogP contribution in [0.4, 0.5) is 0 Å². The van der Waals surface area contributed by atoms with E-state index in [9.17, 15) is 4.79 Å². The summed E-state index contributed by atoms with van der Waals surface area (Å²) in [7, 11) is 1.63. The molecule has 0 aliphatic carbocycles. The number of ether oxygens (including phenoxy) is 1. The zero-order valence-corrected chi connectivity index (χ0v) is 18.0. The highest BCUT2D eigenvalue weighted by atomic mass is 16.5. The fourth-order valence-electron chi connectivity index (χ4n) is 3.45. The molecule has 0 aliphatic heterocycles. The maximum Gasteiger partial charge on any atom is 0.270 e. The van der Waals surface area contributed by atoms with Gasteiger partial charge in [-0.1, -0.05) is 56.3 Å². The minimum absolute atomic E-state index is 0.174. The summed E-state index contributed by atoms with van der Waals surface area (Å²) in [4.78, 5) is 17.9. The van der Waals surface area contributed by atoms with Crippen LogP contribution in [0.15, 0.2) is 66.7 Å². The molecule has 0 aliphatic rings. The molecule has 0 spiro atoms. The van der Waals surface area contributed by atoms with Crippen LogP contribution in [0.25, 0.3) is 28.2 Å². The Morgan fingerprint density at radius 2 is 1.77 bits per heavy atom. The number of para-hydroxylation sites is 1. The Hall–Kier alpha value is -3.67. The summed E-state index contributed by atoms with van der Waals surface area (Å²) in [5.41, 5.74) is 4.28. The van der Waals surface area contributed by atoms with E-state index in [-0.39, 0.29) is 5.91 Å². The molecule has 4 aromatic rings. The predicted octanol–water partition coefficient (Wildman–Crippen LogP) is 4.85. The number of methoxy groups -OCH3 is 1. The van der Waals surface area contributed by atoms with E-state index in [0.29, 0.717) is 35.2 Å². The van der Waals surface area contributed by atoms with Crippen LogP contribution >= 0.6 is 0 Å². The average Bonchev–Trinajstić information content (AvgIpc) is 3.23. The first kappa shape index (κ1) is 20.6. The summed E-state index contributed by atoms with van der Waals surface area (Å²) in [6.45, 7) is 4.88. The van der Waals surface area contributed by atoms with Gasteiger partial charge in [0.25, 0.3) is 5.91 Å². The molecule has 4 rings (SSSR count). The molecular formula is C25H26N4O2. The molecule has 0 saturated carbocycles. The Balaban J connectivity index is 1.83. The number of rotatable bonds is 7. The van der Waals surface area contributed by atoms with Gasteiger partial charge in [-0.15, -0.1) is 0 Å². The van der Waals surface area contributed by atoms with Gasteiger partial charge in [0.05, 0.1) is 18.5 Å². The summed E-state index contributed by atoms with van der Waals surface area (Å²) >= 11 is 0. The van der Waals surface area contributed by atoms with Crippen LogP contribution in [0.5, 0.6) is 5.75 Å². The van der Waals surface area contributed by atoms with E-state index in [1.807, 2.05) is 60.7 Å². The smallest absolute Gasteiger partial charge is 0.270 e. The van der Waals surface area contributed by atoms with Crippen molar-refractivity contribution in [3.05, 3.63) is 72.4 Å². The van der Waals surface area contributed by atoms with Gasteiger partial charge in [-0.25, -0.2) is 9.50 Å². The average molecular weight is 415 g/mol. The van der Waals surface area contributed by atoms with Crippen molar-refractivity contribution >= 4 is 11.6 Å². The van der Waals surface area contributed by atoms with Crippen molar-refractivity contribution < 1.29 is 9.53 Å². The molecule has 2 heterocycles. The van der Waals surface area contributed by atoms with E-state index in [0.717, 1.165) is 23.2 Å². The standard InChI is InChI=1S/C25H26N4O2/c1-17(2)13-14-26-25(30)22-15-21(19-11-7-8-12-23(19)31-3)27-24-16-20(28-29(22)24)18-9-5-4-6-10-18/h4-12,15-17H,13-14H2,1-3H3,(H,26,30). The van der Waals surface area contributed by atoms with Gasteiger partial charge in [0.1, 0.15) is 11.4 Å². The molecule has 0 unspecified atom stereocenters. The number of hydrogen-bond donors (Lipinski definition) is 1. The van der Waals surface area contributed by atoms with E-state index < -0.39 is 0 Å². The van der Waals surface area contributed by atoms with Crippen molar-refractivity contribution in [1.82, 2.24) is 19.9 Å². The van der Waals surface area contributed by atoms with Gasteiger partial charge < -0.3 is 10.1 Å². The fraction of sp³-hybridized carbons (Fsp3) is 0.240. The summed E-state index contributed by atoms with van der Waals surface area (Å²) in [6.07, 6.45) is 0.910. The molecule has 0 fully saturated rings.